The molecule has 2 N–H and O–H groups in total. The number of para-hydroxylation sites is 1. The molecule has 0 aliphatic rings. The number of rotatable bonds is 7. The number of allylic oxidation sites excluding steroid dienone is 5. The van der Waals surface area contributed by atoms with Gasteiger partial charge in [-0.1, -0.05) is 61.2 Å². The molecule has 0 fully saturated rings. The van der Waals surface area contributed by atoms with Crippen molar-refractivity contribution in [3.63, 3.8) is 0 Å². The van der Waals surface area contributed by atoms with Crippen LogP contribution in [0.15, 0.2) is 90.5 Å². The van der Waals surface area contributed by atoms with E-state index in [4.69, 9.17) is 22.4 Å². The van der Waals surface area contributed by atoms with Crippen molar-refractivity contribution in [2.24, 2.45) is 0 Å². The smallest absolute Gasteiger partial charge is 0.263 e. The molecular weight excluding hydrogens is 503 g/mol. The van der Waals surface area contributed by atoms with Gasteiger partial charge in [0.15, 0.2) is 5.65 Å². The Bertz CT molecular complexity index is 1820. The molecule has 0 amide bonds. The minimum absolute atomic E-state index is 0.111. The van der Waals surface area contributed by atoms with Crippen LogP contribution in [-0.4, -0.2) is 30.2 Å². The molecule has 7 nitrogen and oxygen atoms in total. The van der Waals surface area contributed by atoms with E-state index in [2.05, 4.69) is 16.5 Å². The Morgan fingerprint density at radius 1 is 1.16 bits per heavy atom. The highest BCUT2D eigenvalue weighted by molar-refractivity contribution is 6.19. The van der Waals surface area contributed by atoms with Crippen molar-refractivity contribution < 1.29 is 4.39 Å². The van der Waals surface area contributed by atoms with Crippen LogP contribution >= 0.6 is 11.6 Å². The van der Waals surface area contributed by atoms with Crippen molar-refractivity contribution in [3.05, 3.63) is 119 Å². The number of alkyl halides is 1. The van der Waals surface area contributed by atoms with Gasteiger partial charge in [0, 0.05) is 17.1 Å². The van der Waals surface area contributed by atoms with Crippen LogP contribution in [0.4, 0.5) is 10.2 Å². The minimum atomic E-state index is -0.511. The lowest BCUT2D eigenvalue weighted by atomic mass is 10.1. The zero-order valence-electron chi connectivity index (χ0n) is 20.6. The number of aromatic nitrogens is 5. The topological polar surface area (TPSA) is 91.6 Å². The molecule has 0 unspecified atom stereocenters. The van der Waals surface area contributed by atoms with E-state index in [9.17, 15) is 4.79 Å². The van der Waals surface area contributed by atoms with Gasteiger partial charge < -0.3 is 5.73 Å². The largest absolute Gasteiger partial charge is 0.383 e. The fraction of sp³-hybridized carbons (Fsp3) is 0.103. The third-order valence-corrected chi connectivity index (χ3v) is 6.43. The molecule has 0 bridgehead atoms. The van der Waals surface area contributed by atoms with Crippen LogP contribution in [-0.2, 0) is 6.54 Å². The van der Waals surface area contributed by atoms with Crippen LogP contribution < -0.4 is 11.3 Å². The fourth-order valence-electron chi connectivity index (χ4n) is 4.60. The second-order valence-corrected chi connectivity index (χ2v) is 8.95. The average Bonchev–Trinajstić information content (AvgIpc) is 3.27. The summed E-state index contributed by atoms with van der Waals surface area (Å²) in [6.45, 7) is 5.70. The first-order chi connectivity index (χ1) is 18.4. The van der Waals surface area contributed by atoms with Crippen LogP contribution in [0.5, 0.6) is 0 Å². The van der Waals surface area contributed by atoms with Crippen molar-refractivity contribution >= 4 is 44.8 Å². The van der Waals surface area contributed by atoms with E-state index in [1.807, 2.05) is 37.3 Å². The Hall–Kier alpha value is -4.56. The standard InChI is InChI=1S/C29H24ClFN6O/c1-3-4-9-19(13-14-30)26-25-27(32)33-17-34-28(25)36(35-26)16-21-15-20-10-7-8-18(2)24(20)29(38)37(21)23-12-6-5-11-22(23)31/h3-13,15,17H,1,14,16H2,2H3,(H2,32,33,34)/b9-4-,19-13+. The molecule has 0 aliphatic carbocycles. The third kappa shape index (κ3) is 4.39. The summed E-state index contributed by atoms with van der Waals surface area (Å²) in [7, 11) is 0. The lowest BCUT2D eigenvalue weighted by Gasteiger charge is -2.16. The highest BCUT2D eigenvalue weighted by atomic mass is 35.5. The highest BCUT2D eigenvalue weighted by Crippen LogP contribution is 2.29. The Morgan fingerprint density at radius 2 is 1.97 bits per heavy atom. The molecule has 3 aromatic heterocycles. The summed E-state index contributed by atoms with van der Waals surface area (Å²) in [4.78, 5) is 22.4. The first kappa shape index (κ1) is 25.1. The van der Waals surface area contributed by atoms with E-state index in [0.29, 0.717) is 33.4 Å². The predicted molar refractivity (Wildman–Crippen MR) is 151 cm³/mol. The maximum atomic E-state index is 15.0. The molecule has 9 heteroatoms. The number of nitrogen functional groups attached to an aromatic ring is 1. The molecule has 2 aromatic carbocycles. The maximum Gasteiger partial charge on any atom is 0.263 e. The van der Waals surface area contributed by atoms with Gasteiger partial charge in [0.05, 0.1) is 23.0 Å². The van der Waals surface area contributed by atoms with Crippen LogP contribution in [0.1, 0.15) is 17.0 Å². The zero-order chi connectivity index (χ0) is 26.8. The molecule has 0 atom stereocenters. The van der Waals surface area contributed by atoms with Gasteiger partial charge in [-0.2, -0.15) is 5.10 Å². The van der Waals surface area contributed by atoms with Crippen molar-refractivity contribution in [2.75, 3.05) is 11.6 Å². The molecule has 0 saturated carbocycles. The summed E-state index contributed by atoms with van der Waals surface area (Å²) >= 11 is 6.03. The predicted octanol–water partition coefficient (Wildman–Crippen LogP) is 5.57. The van der Waals surface area contributed by atoms with Gasteiger partial charge in [-0.05, 0) is 36.1 Å². The number of pyridine rings is 1. The van der Waals surface area contributed by atoms with Gasteiger partial charge in [-0.25, -0.2) is 19.0 Å². The average molecular weight is 527 g/mol. The number of nitrogens with two attached hydrogens (primary N) is 1. The second-order valence-electron chi connectivity index (χ2n) is 8.64. The molecule has 38 heavy (non-hydrogen) atoms. The fourth-order valence-corrected chi connectivity index (χ4v) is 4.76. The second kappa shape index (κ2) is 10.4. The van der Waals surface area contributed by atoms with Gasteiger partial charge in [0.1, 0.15) is 23.7 Å². The number of anilines is 1. The van der Waals surface area contributed by atoms with Crippen molar-refractivity contribution in [2.45, 2.75) is 13.5 Å². The number of hydrogen-bond donors (Lipinski definition) is 1. The lowest BCUT2D eigenvalue weighted by Crippen LogP contribution is -2.25. The Labute approximate surface area is 223 Å². The van der Waals surface area contributed by atoms with Crippen LogP contribution in [0.25, 0.3) is 33.1 Å². The number of nitrogens with zero attached hydrogens (tertiary/aromatic N) is 5. The normalized spacial score (nSPS) is 12.1. The van der Waals surface area contributed by atoms with E-state index < -0.39 is 5.82 Å². The van der Waals surface area contributed by atoms with Gasteiger partial charge in [-0.3, -0.25) is 9.36 Å². The number of hydrogen-bond acceptors (Lipinski definition) is 5. The molecular formula is C29H24ClFN6O. The monoisotopic (exact) mass is 526 g/mol. The van der Waals surface area contributed by atoms with Crippen molar-refractivity contribution in [1.82, 2.24) is 24.3 Å². The summed E-state index contributed by atoms with van der Waals surface area (Å²) in [5, 5.41) is 6.64. The molecule has 0 saturated heterocycles. The maximum absolute atomic E-state index is 15.0. The molecule has 0 aliphatic heterocycles. The van der Waals surface area contributed by atoms with Crippen molar-refractivity contribution in [1.29, 1.82) is 0 Å². The Kier molecular flexibility index (Phi) is 6.89. The summed E-state index contributed by atoms with van der Waals surface area (Å²) in [5.74, 6) is -0.0112. The Balaban J connectivity index is 1.79. The summed E-state index contributed by atoms with van der Waals surface area (Å²) in [6.07, 6.45) is 8.39. The van der Waals surface area contributed by atoms with E-state index in [-0.39, 0.29) is 29.5 Å². The first-order valence-electron chi connectivity index (χ1n) is 11.9. The van der Waals surface area contributed by atoms with Gasteiger partial charge in [0.25, 0.3) is 5.56 Å². The van der Waals surface area contributed by atoms with Crippen LogP contribution in [0.2, 0.25) is 0 Å². The summed E-state index contributed by atoms with van der Waals surface area (Å²) in [6, 6.07) is 13.7. The zero-order valence-corrected chi connectivity index (χ0v) is 21.4. The number of aryl methyl sites for hydroxylation is 1. The molecule has 3 heterocycles. The third-order valence-electron chi connectivity index (χ3n) is 6.28. The molecule has 5 rings (SSSR count). The van der Waals surface area contributed by atoms with E-state index in [0.717, 1.165) is 10.9 Å². The summed E-state index contributed by atoms with van der Waals surface area (Å²) in [5.41, 5.74) is 9.15. The minimum Gasteiger partial charge on any atom is -0.383 e. The van der Waals surface area contributed by atoms with Gasteiger partial charge >= 0.3 is 0 Å². The van der Waals surface area contributed by atoms with Gasteiger partial charge in [0.2, 0.25) is 0 Å². The molecule has 0 spiro atoms. The van der Waals surface area contributed by atoms with Crippen molar-refractivity contribution in [3.8, 4) is 5.69 Å². The lowest BCUT2D eigenvalue weighted by molar-refractivity contribution is 0.606. The van der Waals surface area contributed by atoms with E-state index in [1.54, 1.807) is 41.1 Å². The highest BCUT2D eigenvalue weighted by Gasteiger charge is 2.21. The number of benzene rings is 2. The summed E-state index contributed by atoms with van der Waals surface area (Å²) < 4.78 is 18.1. The van der Waals surface area contributed by atoms with Crippen LogP contribution in [0.3, 0.4) is 0 Å². The quantitative estimate of drug-likeness (QED) is 0.221. The number of halogens is 2. The number of fused-ring (bicyclic) bond motifs is 2. The van der Waals surface area contributed by atoms with Gasteiger partial charge in [-0.15, -0.1) is 11.6 Å². The van der Waals surface area contributed by atoms with Crippen LogP contribution in [0, 0.1) is 12.7 Å². The molecule has 5 aromatic rings. The molecule has 190 valence electrons. The SMILES string of the molecule is C=C/C=C\C(=C/CCl)c1nn(Cc2cc3cccc(C)c3c(=O)n2-c2ccccc2F)c2ncnc(N)c12. The molecule has 0 radical (unpaired) electrons. The van der Waals surface area contributed by atoms with E-state index in [1.165, 1.54) is 17.0 Å². The first-order valence-corrected chi connectivity index (χ1v) is 12.4. The van der Waals surface area contributed by atoms with E-state index >= 15 is 4.39 Å². The Morgan fingerprint density at radius 3 is 2.74 bits per heavy atom.